The van der Waals surface area contributed by atoms with E-state index >= 15 is 0 Å². The third-order valence-corrected chi connectivity index (χ3v) is 9.37. The molecule has 0 aromatic rings. The maximum absolute atomic E-state index is 2.63. The minimum Gasteiger partial charge on any atom is -0.351 e. The van der Waals surface area contributed by atoms with E-state index in [2.05, 4.69) is 63.7 Å². The molecule has 0 fully saturated rings. The first kappa shape index (κ1) is 16.1. The van der Waals surface area contributed by atoms with Gasteiger partial charge < -0.3 is 4.23 Å². The zero-order valence-electron chi connectivity index (χ0n) is 11.1. The summed E-state index contributed by atoms with van der Waals surface area (Å²) >= 11 is 0. The Bertz CT molecular complexity index is 116. The molecule has 0 amide bonds. The van der Waals surface area contributed by atoms with Gasteiger partial charge in [-0.3, -0.25) is 0 Å². The van der Waals surface area contributed by atoms with Gasteiger partial charge in [-0.25, -0.2) is 0 Å². The van der Waals surface area contributed by atoms with Gasteiger partial charge >= 0.3 is 0 Å². The molecule has 0 spiro atoms. The van der Waals surface area contributed by atoms with E-state index in [0.29, 0.717) is 0 Å². The molecule has 0 saturated heterocycles. The summed E-state index contributed by atoms with van der Waals surface area (Å²) in [5, 5.41) is 0. The average molecular weight is 236 g/mol. The molecule has 0 aromatic heterocycles. The van der Waals surface area contributed by atoms with Gasteiger partial charge in [-0.15, -0.1) is 0 Å². The minimum absolute atomic E-state index is 0.139. The molecule has 0 aliphatic rings. The molecule has 0 saturated carbocycles. The lowest BCUT2D eigenvalue weighted by atomic mass is 11.6. The lowest BCUT2D eigenvalue weighted by molar-refractivity contribution is 0.784. The van der Waals surface area contributed by atoms with Crippen molar-refractivity contribution in [1.82, 2.24) is 4.23 Å². The van der Waals surface area contributed by atoms with Gasteiger partial charge in [0.05, 0.1) is 8.96 Å². The zero-order chi connectivity index (χ0) is 11.2. The molecular formula is C9H29NSi3. The third-order valence-electron chi connectivity index (χ3n) is 1.83. The van der Waals surface area contributed by atoms with E-state index < -0.39 is 17.2 Å². The molecule has 0 heterocycles. The maximum atomic E-state index is 2.63. The summed E-state index contributed by atoms with van der Waals surface area (Å²) in [6, 6.07) is 0. The van der Waals surface area contributed by atoms with Crippen LogP contribution in [-0.2, 0) is 0 Å². The number of hydrogen-bond acceptors (Lipinski definition) is 1. The quantitative estimate of drug-likeness (QED) is 0.666. The molecule has 1 nitrogen and oxygen atoms in total. The van der Waals surface area contributed by atoms with Gasteiger partial charge in [0.15, 0.2) is 0 Å². The van der Waals surface area contributed by atoms with E-state index in [-0.39, 0.29) is 8.80 Å². The van der Waals surface area contributed by atoms with Gasteiger partial charge in [-0.2, -0.15) is 0 Å². The van der Waals surface area contributed by atoms with Crippen LogP contribution in [-0.4, -0.2) is 37.3 Å². The molecule has 82 valence electrons. The van der Waals surface area contributed by atoms with Gasteiger partial charge in [-0.05, 0) is 7.05 Å². The van der Waals surface area contributed by atoms with Gasteiger partial charge in [0.25, 0.3) is 0 Å². The van der Waals surface area contributed by atoms with E-state index in [1.54, 1.807) is 0 Å². The van der Waals surface area contributed by atoms with E-state index in [4.69, 9.17) is 0 Å². The van der Waals surface area contributed by atoms with Crippen LogP contribution in [0.1, 0.15) is 0 Å². The molecule has 0 unspecified atom stereocenters. The highest BCUT2D eigenvalue weighted by Gasteiger charge is 2.21. The summed E-state index contributed by atoms with van der Waals surface area (Å²) < 4.78 is 2.63. The van der Waals surface area contributed by atoms with Crippen molar-refractivity contribution in [1.29, 1.82) is 0 Å². The maximum Gasteiger partial charge on any atom is 0.111 e. The molecule has 0 aliphatic heterocycles. The Morgan fingerprint density at radius 2 is 1.08 bits per heavy atom. The molecule has 0 rings (SSSR count). The van der Waals surface area contributed by atoms with Crippen molar-refractivity contribution in [2.45, 2.75) is 52.4 Å². The van der Waals surface area contributed by atoms with Gasteiger partial charge in [0, 0.05) is 8.80 Å². The summed E-state index contributed by atoms with van der Waals surface area (Å²) in [4.78, 5) is 0. The third kappa shape index (κ3) is 12.6. The summed E-state index contributed by atoms with van der Waals surface area (Å²) in [7, 11) is 0.719. The molecule has 0 aromatic carbocycles. The first-order chi connectivity index (χ1) is 5.59. The lowest BCUT2D eigenvalue weighted by Gasteiger charge is -2.33. The first-order valence-electron chi connectivity index (χ1n) is 5.32. The highest BCUT2D eigenvalue weighted by molar-refractivity contribution is 6.82. The highest BCUT2D eigenvalue weighted by atomic mass is 28.4. The largest absolute Gasteiger partial charge is 0.351 e. The van der Waals surface area contributed by atoms with Gasteiger partial charge in [-0.1, -0.05) is 52.4 Å². The van der Waals surface area contributed by atoms with Crippen LogP contribution in [0.15, 0.2) is 0 Å². The average Bonchev–Trinajstić information content (AvgIpc) is 1.82. The van der Waals surface area contributed by atoms with Crippen LogP contribution < -0.4 is 0 Å². The molecule has 0 N–H and O–H groups in total. The second-order valence-electron chi connectivity index (χ2n) is 5.61. The predicted octanol–water partition coefficient (Wildman–Crippen LogP) is 2.84. The molecule has 0 bridgehead atoms. The first-order valence-corrected chi connectivity index (χ1v) is 15.1. The fraction of sp³-hybridized carbons (Fsp3) is 1.00. The van der Waals surface area contributed by atoms with Crippen molar-refractivity contribution in [3.63, 3.8) is 0 Å². The van der Waals surface area contributed by atoms with Crippen LogP contribution in [0.25, 0.3) is 0 Å². The van der Waals surface area contributed by atoms with Crippen molar-refractivity contribution >= 4 is 26.0 Å². The molecule has 4 heteroatoms. The van der Waals surface area contributed by atoms with Crippen molar-refractivity contribution in [3.05, 3.63) is 0 Å². The Kier molecular flexibility index (Phi) is 8.62. The van der Waals surface area contributed by atoms with Crippen LogP contribution in [0, 0.1) is 0 Å². The normalized spacial score (nSPS) is 12.0. The van der Waals surface area contributed by atoms with E-state index in [0.717, 1.165) is 0 Å². The van der Waals surface area contributed by atoms with Gasteiger partial charge in [0.1, 0.15) is 8.24 Å². The highest BCUT2D eigenvalue weighted by Crippen LogP contribution is 2.07. The van der Waals surface area contributed by atoms with E-state index in [9.17, 15) is 0 Å². The van der Waals surface area contributed by atoms with E-state index in [1.165, 1.54) is 0 Å². The summed E-state index contributed by atoms with van der Waals surface area (Å²) in [6.07, 6.45) is 0. The van der Waals surface area contributed by atoms with Crippen molar-refractivity contribution in [2.24, 2.45) is 0 Å². The van der Waals surface area contributed by atoms with Gasteiger partial charge in [0.2, 0.25) is 0 Å². The Morgan fingerprint density at radius 1 is 0.846 bits per heavy atom. The number of nitrogens with zero attached hydrogens (tertiary/aromatic N) is 1. The molecule has 13 heavy (non-hydrogen) atoms. The minimum atomic E-state index is -0.929. The van der Waals surface area contributed by atoms with Crippen molar-refractivity contribution in [3.8, 4) is 0 Å². The molecular weight excluding hydrogens is 206 g/mol. The standard InChI is InChI=1S/C6H19NSi2.C3H10Si/c1-7(8(2)3)9(4,5)6;1-4(2)3/h8H,1-6H3;4H,1-3H3. The monoisotopic (exact) mass is 235 g/mol. The fourth-order valence-corrected chi connectivity index (χ4v) is 6.97. The number of hydrogen-bond donors (Lipinski definition) is 0. The molecule has 0 aliphatic carbocycles. The van der Waals surface area contributed by atoms with Crippen LogP contribution in [0.2, 0.25) is 52.4 Å². The van der Waals surface area contributed by atoms with E-state index in [1.807, 2.05) is 0 Å². The van der Waals surface area contributed by atoms with Crippen molar-refractivity contribution in [2.75, 3.05) is 7.05 Å². The Hall–Kier alpha value is 0.611. The zero-order valence-corrected chi connectivity index (χ0v) is 14.4. The Labute approximate surface area is 89.9 Å². The smallest absolute Gasteiger partial charge is 0.111 e. The second kappa shape index (κ2) is 6.98. The predicted molar refractivity (Wildman–Crippen MR) is 74.7 cm³/mol. The van der Waals surface area contributed by atoms with Crippen LogP contribution in [0.3, 0.4) is 0 Å². The second-order valence-corrected chi connectivity index (χ2v) is 17.6. The SMILES string of the molecule is CN([SiH](C)C)[Si](C)(C)C.C[SiH](C)C. The number of rotatable bonds is 2. The van der Waals surface area contributed by atoms with Crippen molar-refractivity contribution < 1.29 is 0 Å². The molecule has 0 atom stereocenters. The van der Waals surface area contributed by atoms with Crippen LogP contribution in [0.4, 0.5) is 0 Å². The summed E-state index contributed by atoms with van der Waals surface area (Å²) in [5.41, 5.74) is 0. The topological polar surface area (TPSA) is 3.24 Å². The summed E-state index contributed by atoms with van der Waals surface area (Å²) in [5.74, 6) is 0. The lowest BCUT2D eigenvalue weighted by Crippen LogP contribution is -2.49. The van der Waals surface area contributed by atoms with Crippen LogP contribution in [0.5, 0.6) is 0 Å². The Morgan fingerprint density at radius 3 is 1.08 bits per heavy atom. The molecule has 0 radical (unpaired) electrons. The fourth-order valence-electron chi connectivity index (χ4n) is 0.775. The Balaban J connectivity index is 0. The summed E-state index contributed by atoms with van der Waals surface area (Å²) in [6.45, 7) is 18.9. The van der Waals surface area contributed by atoms with Crippen LogP contribution >= 0.6 is 0 Å².